The highest BCUT2D eigenvalue weighted by Gasteiger charge is 2.29. The summed E-state index contributed by atoms with van der Waals surface area (Å²) in [6.45, 7) is 0. The number of aliphatic hydroxyl groups is 1. The highest BCUT2D eigenvalue weighted by atomic mass is 32.2. The van der Waals surface area contributed by atoms with Gasteiger partial charge in [0.1, 0.15) is 0 Å². The Hall–Kier alpha value is -1.40. The van der Waals surface area contributed by atoms with E-state index in [2.05, 4.69) is 15.2 Å². The quantitative estimate of drug-likeness (QED) is 0.880. The van der Waals surface area contributed by atoms with Gasteiger partial charge in [-0.3, -0.25) is 4.98 Å². The molecule has 5 nitrogen and oxygen atoms in total. The van der Waals surface area contributed by atoms with E-state index in [9.17, 15) is 5.11 Å². The van der Waals surface area contributed by atoms with Gasteiger partial charge >= 0.3 is 0 Å². The van der Waals surface area contributed by atoms with Crippen LogP contribution in [-0.2, 0) is 7.05 Å². The lowest BCUT2D eigenvalue weighted by Crippen LogP contribution is -2.34. The first-order chi connectivity index (χ1) is 10.2. The van der Waals surface area contributed by atoms with Crippen LogP contribution in [0.4, 0.5) is 0 Å². The van der Waals surface area contributed by atoms with Gasteiger partial charge in [-0.1, -0.05) is 31.0 Å². The molecule has 0 unspecified atom stereocenters. The standard InChI is InChI=1S/C15H20N4OS/c1-19-13(12-5-9-16-10-6-12)17-18-14(19)21-11-15(20)7-3-2-4-8-15/h5-6,9-10,20H,2-4,7-8,11H2,1H3. The van der Waals surface area contributed by atoms with Gasteiger partial charge in [0, 0.05) is 30.8 Å². The van der Waals surface area contributed by atoms with Crippen molar-refractivity contribution in [2.24, 2.45) is 7.05 Å². The van der Waals surface area contributed by atoms with E-state index in [0.29, 0.717) is 5.75 Å². The van der Waals surface area contributed by atoms with Gasteiger partial charge in [-0.05, 0) is 25.0 Å². The van der Waals surface area contributed by atoms with Gasteiger partial charge < -0.3 is 9.67 Å². The molecule has 112 valence electrons. The van der Waals surface area contributed by atoms with Crippen molar-refractivity contribution in [2.45, 2.75) is 42.9 Å². The second-order valence-electron chi connectivity index (χ2n) is 5.67. The van der Waals surface area contributed by atoms with E-state index < -0.39 is 5.60 Å². The minimum atomic E-state index is -0.536. The smallest absolute Gasteiger partial charge is 0.191 e. The van der Waals surface area contributed by atoms with Crippen molar-refractivity contribution in [3.8, 4) is 11.4 Å². The fourth-order valence-corrected chi connectivity index (χ4v) is 3.81. The average molecular weight is 304 g/mol. The molecule has 0 radical (unpaired) electrons. The predicted octanol–water partition coefficient (Wildman–Crippen LogP) is 2.66. The summed E-state index contributed by atoms with van der Waals surface area (Å²) in [4.78, 5) is 4.02. The molecule has 0 bridgehead atoms. The number of aromatic nitrogens is 4. The number of rotatable bonds is 4. The molecule has 3 rings (SSSR count). The zero-order valence-electron chi connectivity index (χ0n) is 12.2. The van der Waals surface area contributed by atoms with E-state index in [-0.39, 0.29) is 0 Å². The van der Waals surface area contributed by atoms with E-state index in [1.807, 2.05) is 23.7 Å². The van der Waals surface area contributed by atoms with Crippen LogP contribution in [-0.4, -0.2) is 36.2 Å². The second-order valence-corrected chi connectivity index (χ2v) is 6.62. The third-order valence-electron chi connectivity index (χ3n) is 4.03. The van der Waals surface area contributed by atoms with Gasteiger partial charge in [0.05, 0.1) is 5.60 Å². The summed E-state index contributed by atoms with van der Waals surface area (Å²) in [6.07, 6.45) is 8.78. The summed E-state index contributed by atoms with van der Waals surface area (Å²) >= 11 is 1.59. The number of hydrogen-bond donors (Lipinski definition) is 1. The lowest BCUT2D eigenvalue weighted by molar-refractivity contribution is 0.0272. The van der Waals surface area contributed by atoms with Crippen LogP contribution < -0.4 is 0 Å². The lowest BCUT2D eigenvalue weighted by Gasteiger charge is -2.31. The Balaban J connectivity index is 1.71. The molecule has 2 aromatic rings. The third kappa shape index (κ3) is 3.27. The summed E-state index contributed by atoms with van der Waals surface area (Å²) in [6, 6.07) is 3.85. The summed E-state index contributed by atoms with van der Waals surface area (Å²) in [5, 5.41) is 19.9. The molecule has 1 saturated carbocycles. The molecular formula is C15H20N4OS. The van der Waals surface area contributed by atoms with Crippen LogP contribution >= 0.6 is 11.8 Å². The fourth-order valence-electron chi connectivity index (χ4n) is 2.75. The minimum Gasteiger partial charge on any atom is -0.389 e. The van der Waals surface area contributed by atoms with Gasteiger partial charge in [-0.25, -0.2) is 0 Å². The molecule has 21 heavy (non-hydrogen) atoms. The normalized spacial score (nSPS) is 17.8. The van der Waals surface area contributed by atoms with Crippen molar-refractivity contribution in [3.05, 3.63) is 24.5 Å². The van der Waals surface area contributed by atoms with Crippen molar-refractivity contribution >= 4 is 11.8 Å². The van der Waals surface area contributed by atoms with Crippen LogP contribution in [0.3, 0.4) is 0 Å². The zero-order valence-corrected chi connectivity index (χ0v) is 13.0. The van der Waals surface area contributed by atoms with Gasteiger partial charge in [0.15, 0.2) is 11.0 Å². The van der Waals surface area contributed by atoms with E-state index >= 15 is 0 Å². The lowest BCUT2D eigenvalue weighted by atomic mass is 9.86. The van der Waals surface area contributed by atoms with Crippen molar-refractivity contribution in [1.29, 1.82) is 0 Å². The Morgan fingerprint density at radius 2 is 1.90 bits per heavy atom. The molecule has 0 atom stereocenters. The van der Waals surface area contributed by atoms with Crippen LogP contribution in [0.1, 0.15) is 32.1 Å². The molecule has 2 heterocycles. The van der Waals surface area contributed by atoms with E-state index in [4.69, 9.17) is 0 Å². The van der Waals surface area contributed by atoms with E-state index in [1.165, 1.54) is 6.42 Å². The maximum atomic E-state index is 10.6. The summed E-state index contributed by atoms with van der Waals surface area (Å²) < 4.78 is 1.98. The molecule has 0 amide bonds. The number of nitrogens with zero attached hydrogens (tertiary/aromatic N) is 4. The number of thioether (sulfide) groups is 1. The van der Waals surface area contributed by atoms with Crippen LogP contribution in [0.5, 0.6) is 0 Å². The molecule has 1 N–H and O–H groups in total. The average Bonchev–Trinajstić information content (AvgIpc) is 2.88. The maximum absolute atomic E-state index is 10.6. The van der Waals surface area contributed by atoms with Crippen LogP contribution in [0.25, 0.3) is 11.4 Å². The van der Waals surface area contributed by atoms with Gasteiger partial charge in [-0.2, -0.15) is 0 Å². The zero-order chi connectivity index (χ0) is 14.7. The molecular weight excluding hydrogens is 284 g/mol. The van der Waals surface area contributed by atoms with E-state index in [0.717, 1.165) is 42.2 Å². The number of hydrogen-bond acceptors (Lipinski definition) is 5. The fraction of sp³-hybridized carbons (Fsp3) is 0.533. The van der Waals surface area contributed by atoms with Gasteiger partial charge in [0.25, 0.3) is 0 Å². The predicted molar refractivity (Wildman–Crippen MR) is 83.0 cm³/mol. The Morgan fingerprint density at radius 3 is 2.62 bits per heavy atom. The Labute approximate surface area is 128 Å². The second kappa shape index (κ2) is 6.15. The van der Waals surface area contributed by atoms with Crippen molar-refractivity contribution in [2.75, 3.05) is 5.75 Å². The Morgan fingerprint density at radius 1 is 1.19 bits per heavy atom. The summed E-state index contributed by atoms with van der Waals surface area (Å²) in [5.41, 5.74) is 0.467. The van der Waals surface area contributed by atoms with E-state index in [1.54, 1.807) is 24.2 Å². The molecule has 2 aromatic heterocycles. The molecule has 0 aromatic carbocycles. The van der Waals surface area contributed by atoms with Crippen LogP contribution in [0.15, 0.2) is 29.7 Å². The van der Waals surface area contributed by atoms with Crippen molar-refractivity contribution in [1.82, 2.24) is 19.7 Å². The molecule has 0 saturated heterocycles. The first-order valence-electron chi connectivity index (χ1n) is 7.33. The highest BCUT2D eigenvalue weighted by Crippen LogP contribution is 2.33. The van der Waals surface area contributed by atoms with Gasteiger partial charge in [-0.15, -0.1) is 10.2 Å². The Bertz CT molecular complexity index is 593. The summed E-state index contributed by atoms with van der Waals surface area (Å²) in [7, 11) is 1.96. The molecule has 1 aliphatic carbocycles. The third-order valence-corrected chi connectivity index (χ3v) is 5.32. The van der Waals surface area contributed by atoms with Crippen LogP contribution in [0.2, 0.25) is 0 Å². The first kappa shape index (κ1) is 14.5. The Kier molecular flexibility index (Phi) is 4.26. The highest BCUT2D eigenvalue weighted by molar-refractivity contribution is 7.99. The van der Waals surface area contributed by atoms with Crippen molar-refractivity contribution in [3.63, 3.8) is 0 Å². The molecule has 0 aliphatic heterocycles. The molecule has 1 fully saturated rings. The largest absolute Gasteiger partial charge is 0.389 e. The first-order valence-corrected chi connectivity index (χ1v) is 8.31. The van der Waals surface area contributed by atoms with Crippen LogP contribution in [0, 0.1) is 0 Å². The molecule has 0 spiro atoms. The van der Waals surface area contributed by atoms with Crippen molar-refractivity contribution < 1.29 is 5.11 Å². The number of pyridine rings is 1. The SMILES string of the molecule is Cn1c(SCC2(O)CCCCC2)nnc1-c1ccncc1. The summed E-state index contributed by atoms with van der Waals surface area (Å²) in [5.74, 6) is 1.52. The molecule has 6 heteroatoms. The molecule has 1 aliphatic rings. The monoisotopic (exact) mass is 304 g/mol. The topological polar surface area (TPSA) is 63.8 Å². The minimum absolute atomic E-state index is 0.536. The maximum Gasteiger partial charge on any atom is 0.191 e. The van der Waals surface area contributed by atoms with Gasteiger partial charge in [0.2, 0.25) is 0 Å².